The minimum absolute atomic E-state index is 0.172. The van der Waals surface area contributed by atoms with Gasteiger partial charge in [-0.2, -0.15) is 0 Å². The lowest BCUT2D eigenvalue weighted by Crippen LogP contribution is -1.87. The van der Waals surface area contributed by atoms with Gasteiger partial charge in [0.1, 0.15) is 5.75 Å². The third-order valence-corrected chi connectivity index (χ3v) is 4.67. The van der Waals surface area contributed by atoms with E-state index in [0.717, 1.165) is 24.0 Å². The lowest BCUT2D eigenvalue weighted by molar-refractivity contribution is 0.373. The fourth-order valence-electron chi connectivity index (χ4n) is 3.01. The number of ether oxygens (including phenoxy) is 1. The Bertz CT molecular complexity index is 679. The summed E-state index contributed by atoms with van der Waals surface area (Å²) in [7, 11) is 1.53. The second kappa shape index (κ2) is 14.6. The molecule has 0 spiro atoms. The van der Waals surface area contributed by atoms with E-state index in [1.165, 1.54) is 52.1 Å². The number of aryl methyl sites for hydroxylation is 1. The lowest BCUT2D eigenvalue weighted by atomic mass is 10.0. The van der Waals surface area contributed by atoms with Crippen LogP contribution in [0.1, 0.15) is 63.0 Å². The van der Waals surface area contributed by atoms with Crippen LogP contribution in [0.25, 0.3) is 0 Å². The topological polar surface area (TPSA) is 49.7 Å². The van der Waals surface area contributed by atoms with Gasteiger partial charge in [-0.05, 0) is 48.6 Å². The molecule has 0 amide bonds. The number of methoxy groups -OCH3 is 1. The molecule has 0 radical (unpaired) electrons. The summed E-state index contributed by atoms with van der Waals surface area (Å²) in [6.07, 6.45) is 12.9. The Balaban J connectivity index is 0.000000292. The van der Waals surface area contributed by atoms with Gasteiger partial charge in [0.2, 0.25) is 0 Å². The number of phenolic OH excluding ortho intramolecular Hbond substituents is 2. The van der Waals surface area contributed by atoms with Gasteiger partial charge in [0, 0.05) is 0 Å². The quantitative estimate of drug-likeness (QED) is 0.330. The molecule has 3 heteroatoms. The average molecular weight is 385 g/mol. The average Bonchev–Trinajstić information content (AvgIpc) is 2.71. The van der Waals surface area contributed by atoms with E-state index in [4.69, 9.17) is 4.74 Å². The summed E-state index contributed by atoms with van der Waals surface area (Å²) < 4.78 is 4.95. The molecule has 3 nitrogen and oxygen atoms in total. The minimum atomic E-state index is 0.172. The number of allylic oxidation sites excluding steroid dienone is 1. The summed E-state index contributed by atoms with van der Waals surface area (Å²) >= 11 is 0. The molecule has 0 saturated heterocycles. The van der Waals surface area contributed by atoms with Gasteiger partial charge in [-0.15, -0.1) is 6.58 Å². The van der Waals surface area contributed by atoms with Crippen LogP contribution in [0, 0.1) is 0 Å². The van der Waals surface area contributed by atoms with Crippen molar-refractivity contribution >= 4 is 0 Å². The first kappa shape index (κ1) is 23.6. The van der Waals surface area contributed by atoms with E-state index in [-0.39, 0.29) is 5.75 Å². The van der Waals surface area contributed by atoms with Crippen LogP contribution in [-0.4, -0.2) is 17.3 Å². The number of benzene rings is 2. The maximum Gasteiger partial charge on any atom is 0.160 e. The molecular formula is C25H36O3. The SMILES string of the molecule is C=CCc1ccc(O)c(OC)c1.CCCCCCCCCc1ccccc1O. The van der Waals surface area contributed by atoms with E-state index in [1.54, 1.807) is 18.2 Å². The fraction of sp³-hybridized carbons (Fsp3) is 0.440. The molecule has 28 heavy (non-hydrogen) atoms. The molecule has 0 heterocycles. The monoisotopic (exact) mass is 384 g/mol. The van der Waals surface area contributed by atoms with Gasteiger partial charge in [-0.3, -0.25) is 0 Å². The van der Waals surface area contributed by atoms with Crippen molar-refractivity contribution in [1.29, 1.82) is 0 Å². The first-order valence-electron chi connectivity index (χ1n) is 10.4. The standard InChI is InChI=1S/C15H24O.C10H12O2/c1-2-3-4-5-6-7-8-11-14-12-9-10-13-15(14)16;1-3-4-8-5-6-9(11)10(7-8)12-2/h9-10,12-13,16H,2-8,11H2,1H3;3,5-7,11H,1,4H2,2H3. The lowest BCUT2D eigenvalue weighted by Gasteiger charge is -2.04. The van der Waals surface area contributed by atoms with Crippen molar-refractivity contribution in [3.8, 4) is 17.2 Å². The van der Waals surface area contributed by atoms with Gasteiger partial charge < -0.3 is 14.9 Å². The number of phenols is 2. The Morgan fingerprint density at radius 2 is 1.57 bits per heavy atom. The first-order valence-corrected chi connectivity index (χ1v) is 10.4. The zero-order valence-electron chi connectivity index (χ0n) is 17.5. The number of unbranched alkanes of at least 4 members (excludes halogenated alkanes) is 6. The molecule has 0 unspecified atom stereocenters. The molecule has 0 fully saturated rings. The highest BCUT2D eigenvalue weighted by molar-refractivity contribution is 5.42. The molecule has 2 N–H and O–H groups in total. The summed E-state index contributed by atoms with van der Waals surface area (Å²) in [5.74, 6) is 1.13. The molecule has 0 aliphatic rings. The molecular weight excluding hydrogens is 348 g/mol. The molecule has 2 aromatic rings. The zero-order chi connectivity index (χ0) is 20.6. The van der Waals surface area contributed by atoms with Crippen molar-refractivity contribution in [3.63, 3.8) is 0 Å². The number of rotatable bonds is 11. The Morgan fingerprint density at radius 3 is 2.21 bits per heavy atom. The molecule has 154 valence electrons. The smallest absolute Gasteiger partial charge is 0.160 e. The third kappa shape index (κ3) is 9.50. The van der Waals surface area contributed by atoms with Gasteiger partial charge in [-0.25, -0.2) is 0 Å². The number of aromatic hydroxyl groups is 2. The highest BCUT2D eigenvalue weighted by atomic mass is 16.5. The molecule has 0 aliphatic carbocycles. The first-order chi connectivity index (χ1) is 13.6. The van der Waals surface area contributed by atoms with E-state index in [1.807, 2.05) is 30.3 Å². The van der Waals surface area contributed by atoms with E-state index >= 15 is 0 Å². The largest absolute Gasteiger partial charge is 0.508 e. The van der Waals surface area contributed by atoms with E-state index in [2.05, 4.69) is 13.5 Å². The summed E-state index contributed by atoms with van der Waals surface area (Å²) in [5.41, 5.74) is 2.18. The van der Waals surface area contributed by atoms with Crippen LogP contribution in [0.4, 0.5) is 0 Å². The van der Waals surface area contributed by atoms with Crippen LogP contribution in [-0.2, 0) is 12.8 Å². The number of hydrogen-bond donors (Lipinski definition) is 2. The predicted octanol–water partition coefficient (Wildman–Crippen LogP) is 6.81. The summed E-state index contributed by atoms with van der Waals surface area (Å²) in [5, 5.41) is 18.8. The van der Waals surface area contributed by atoms with Crippen molar-refractivity contribution in [2.75, 3.05) is 7.11 Å². The molecule has 2 aromatic carbocycles. The molecule has 0 aromatic heterocycles. The van der Waals surface area contributed by atoms with Crippen LogP contribution < -0.4 is 4.74 Å². The fourth-order valence-corrected chi connectivity index (χ4v) is 3.01. The third-order valence-electron chi connectivity index (χ3n) is 4.67. The zero-order valence-corrected chi connectivity index (χ0v) is 17.5. The Labute approximate surface area is 170 Å². The Kier molecular flexibility index (Phi) is 12.3. The van der Waals surface area contributed by atoms with Crippen molar-refractivity contribution in [1.82, 2.24) is 0 Å². The van der Waals surface area contributed by atoms with Crippen molar-refractivity contribution in [2.45, 2.75) is 64.7 Å². The Hall–Kier alpha value is -2.42. The molecule has 0 atom stereocenters. The summed E-state index contributed by atoms with van der Waals surface area (Å²) in [6.45, 7) is 5.88. The number of para-hydroxylation sites is 1. The highest BCUT2D eigenvalue weighted by Gasteiger charge is 2.00. The van der Waals surface area contributed by atoms with Crippen LogP contribution in [0.2, 0.25) is 0 Å². The van der Waals surface area contributed by atoms with E-state index in [0.29, 0.717) is 11.5 Å². The molecule has 0 aliphatic heterocycles. The van der Waals surface area contributed by atoms with Crippen LogP contribution in [0.5, 0.6) is 17.2 Å². The molecule has 0 saturated carbocycles. The van der Waals surface area contributed by atoms with E-state index < -0.39 is 0 Å². The van der Waals surface area contributed by atoms with Crippen LogP contribution in [0.15, 0.2) is 55.1 Å². The van der Waals surface area contributed by atoms with Crippen molar-refractivity contribution in [2.24, 2.45) is 0 Å². The van der Waals surface area contributed by atoms with Crippen molar-refractivity contribution < 1.29 is 14.9 Å². The van der Waals surface area contributed by atoms with Crippen LogP contribution in [0.3, 0.4) is 0 Å². The minimum Gasteiger partial charge on any atom is -0.508 e. The summed E-state index contributed by atoms with van der Waals surface area (Å²) in [6, 6.07) is 12.9. The Morgan fingerprint density at radius 1 is 0.893 bits per heavy atom. The van der Waals surface area contributed by atoms with Crippen molar-refractivity contribution in [3.05, 3.63) is 66.2 Å². The maximum atomic E-state index is 9.58. The second-order valence-electron chi connectivity index (χ2n) is 7.00. The summed E-state index contributed by atoms with van der Waals surface area (Å²) in [4.78, 5) is 0. The molecule has 0 bridgehead atoms. The predicted molar refractivity (Wildman–Crippen MR) is 118 cm³/mol. The van der Waals surface area contributed by atoms with Gasteiger partial charge in [0.05, 0.1) is 7.11 Å². The van der Waals surface area contributed by atoms with Gasteiger partial charge in [0.25, 0.3) is 0 Å². The number of hydrogen-bond acceptors (Lipinski definition) is 3. The molecule has 2 rings (SSSR count). The second-order valence-corrected chi connectivity index (χ2v) is 7.00. The van der Waals surface area contributed by atoms with Crippen LogP contribution >= 0.6 is 0 Å². The normalized spacial score (nSPS) is 10.1. The van der Waals surface area contributed by atoms with Gasteiger partial charge in [0.15, 0.2) is 11.5 Å². The van der Waals surface area contributed by atoms with Gasteiger partial charge >= 0.3 is 0 Å². The maximum absolute atomic E-state index is 9.58. The van der Waals surface area contributed by atoms with Gasteiger partial charge in [-0.1, -0.05) is 75.8 Å². The highest BCUT2D eigenvalue weighted by Crippen LogP contribution is 2.26. The van der Waals surface area contributed by atoms with E-state index in [9.17, 15) is 10.2 Å².